The number of nitrogens with two attached hydrogens (primary N) is 1. The first-order chi connectivity index (χ1) is 18.3. The number of amidine groups is 1. The van der Waals surface area contributed by atoms with Crippen molar-refractivity contribution >= 4 is 28.6 Å². The molecule has 0 radical (unpaired) electrons. The minimum atomic E-state index is -0.724. The van der Waals surface area contributed by atoms with Crippen LogP contribution in [0.15, 0.2) is 47.6 Å². The predicted molar refractivity (Wildman–Crippen MR) is 140 cm³/mol. The van der Waals surface area contributed by atoms with Crippen LogP contribution in [0, 0.1) is 5.82 Å². The number of amides is 1. The van der Waals surface area contributed by atoms with E-state index in [1.165, 1.54) is 6.07 Å². The van der Waals surface area contributed by atoms with Gasteiger partial charge in [0.2, 0.25) is 0 Å². The fourth-order valence-corrected chi connectivity index (χ4v) is 4.93. The summed E-state index contributed by atoms with van der Waals surface area (Å²) in [5, 5.41) is 8.35. The molecule has 1 atom stereocenters. The molecule has 3 aromatic heterocycles. The number of nitrogens with zero attached hydrogens (tertiary/aromatic N) is 6. The standard InChI is InChI=1S/C27H27FN8O2/c1-27(2)19-21(25(37)31-13-16-8-6-12-38-16)32-23(33-22(19)34-26(27)29)20-17-9-5-11-30-24(17)36(35-20)14-15-7-3-4-10-18(15)28/h3-5,7,9-11,16H,6,8,12-14H2,1-2H3,(H,31,37)(H2,29,32,33,34). The lowest BCUT2D eigenvalue weighted by molar-refractivity contribution is 0.0852. The molecular formula is C27H27FN8O2. The van der Waals surface area contributed by atoms with E-state index in [4.69, 9.17) is 20.6 Å². The Hall–Kier alpha value is -4.25. The number of fused-ring (bicyclic) bond motifs is 2. The average Bonchev–Trinajstić information content (AvgIpc) is 3.61. The molecular weight excluding hydrogens is 487 g/mol. The van der Waals surface area contributed by atoms with E-state index in [1.807, 2.05) is 19.9 Å². The number of pyridine rings is 1. The molecule has 4 aromatic rings. The van der Waals surface area contributed by atoms with Gasteiger partial charge < -0.3 is 15.8 Å². The van der Waals surface area contributed by atoms with E-state index in [2.05, 4.69) is 20.3 Å². The summed E-state index contributed by atoms with van der Waals surface area (Å²) in [7, 11) is 0. The van der Waals surface area contributed by atoms with Gasteiger partial charge in [0.1, 0.15) is 23.0 Å². The lowest BCUT2D eigenvalue weighted by Crippen LogP contribution is -2.37. The topological polar surface area (TPSA) is 133 Å². The second-order valence-corrected chi connectivity index (χ2v) is 10.0. The highest BCUT2D eigenvalue weighted by atomic mass is 19.1. The first-order valence-corrected chi connectivity index (χ1v) is 12.5. The average molecular weight is 515 g/mol. The summed E-state index contributed by atoms with van der Waals surface area (Å²) < 4.78 is 21.7. The predicted octanol–water partition coefficient (Wildman–Crippen LogP) is 3.26. The van der Waals surface area contributed by atoms with Gasteiger partial charge >= 0.3 is 0 Å². The molecule has 194 valence electrons. The molecule has 3 N–H and O–H groups in total. The monoisotopic (exact) mass is 514 g/mol. The van der Waals surface area contributed by atoms with Crippen molar-refractivity contribution in [2.24, 2.45) is 10.7 Å². The summed E-state index contributed by atoms with van der Waals surface area (Å²) in [6.45, 7) is 5.02. The van der Waals surface area contributed by atoms with Crippen LogP contribution in [0.1, 0.15) is 48.3 Å². The van der Waals surface area contributed by atoms with Crippen LogP contribution in [0.3, 0.4) is 0 Å². The molecule has 38 heavy (non-hydrogen) atoms. The van der Waals surface area contributed by atoms with E-state index in [0.717, 1.165) is 12.8 Å². The molecule has 1 fully saturated rings. The number of aromatic nitrogens is 5. The van der Waals surface area contributed by atoms with Gasteiger partial charge in [-0.1, -0.05) is 18.2 Å². The lowest BCUT2D eigenvalue weighted by atomic mass is 9.84. The van der Waals surface area contributed by atoms with Gasteiger partial charge in [-0.05, 0) is 44.9 Å². The summed E-state index contributed by atoms with van der Waals surface area (Å²) in [5.41, 5.74) is 7.72. The molecule has 2 aliphatic heterocycles. The van der Waals surface area contributed by atoms with Crippen LogP contribution in [-0.2, 0) is 16.7 Å². The molecule has 0 spiro atoms. The molecule has 10 nitrogen and oxygen atoms in total. The molecule has 1 saturated heterocycles. The minimum Gasteiger partial charge on any atom is -0.386 e. The molecule has 1 amide bonds. The smallest absolute Gasteiger partial charge is 0.270 e. The number of benzene rings is 1. The number of carbonyl (C=O) groups excluding carboxylic acids is 1. The molecule has 1 unspecified atom stereocenters. The number of halogens is 1. The third-order valence-electron chi connectivity index (χ3n) is 7.11. The molecule has 5 heterocycles. The quantitative estimate of drug-likeness (QED) is 0.403. The Morgan fingerprint density at radius 1 is 1.24 bits per heavy atom. The van der Waals surface area contributed by atoms with Gasteiger partial charge in [-0.2, -0.15) is 5.10 Å². The largest absolute Gasteiger partial charge is 0.386 e. The van der Waals surface area contributed by atoms with E-state index in [1.54, 1.807) is 35.1 Å². The van der Waals surface area contributed by atoms with Crippen LogP contribution in [0.4, 0.5) is 10.2 Å². The molecule has 0 bridgehead atoms. The van der Waals surface area contributed by atoms with Crippen molar-refractivity contribution in [3.8, 4) is 11.5 Å². The highest BCUT2D eigenvalue weighted by Gasteiger charge is 2.40. The van der Waals surface area contributed by atoms with E-state index < -0.39 is 5.41 Å². The number of nitrogens with one attached hydrogen (secondary N) is 1. The Morgan fingerprint density at radius 3 is 2.87 bits per heavy atom. The summed E-state index contributed by atoms with van der Waals surface area (Å²) in [6, 6.07) is 10.1. The van der Waals surface area contributed by atoms with Crippen molar-refractivity contribution in [1.29, 1.82) is 0 Å². The van der Waals surface area contributed by atoms with Crippen LogP contribution < -0.4 is 11.1 Å². The Balaban J connectivity index is 1.45. The Kier molecular flexibility index (Phi) is 5.87. The number of hydrogen-bond acceptors (Lipinski definition) is 8. The zero-order valence-electron chi connectivity index (χ0n) is 21.1. The zero-order chi connectivity index (χ0) is 26.4. The summed E-state index contributed by atoms with van der Waals surface area (Å²) in [6.07, 6.45) is 3.49. The van der Waals surface area contributed by atoms with Crippen molar-refractivity contribution in [3.63, 3.8) is 0 Å². The summed E-state index contributed by atoms with van der Waals surface area (Å²) in [5.74, 6) is 0.209. The van der Waals surface area contributed by atoms with Crippen LogP contribution in [0.5, 0.6) is 0 Å². The summed E-state index contributed by atoms with van der Waals surface area (Å²) >= 11 is 0. The fourth-order valence-electron chi connectivity index (χ4n) is 4.93. The van der Waals surface area contributed by atoms with Crippen LogP contribution >= 0.6 is 0 Å². The molecule has 11 heteroatoms. The van der Waals surface area contributed by atoms with Gasteiger partial charge in [-0.25, -0.2) is 29.0 Å². The van der Waals surface area contributed by atoms with Gasteiger partial charge in [0.15, 0.2) is 17.3 Å². The minimum absolute atomic E-state index is 0.0215. The van der Waals surface area contributed by atoms with Crippen molar-refractivity contribution in [2.75, 3.05) is 13.2 Å². The number of hydrogen-bond donors (Lipinski definition) is 2. The van der Waals surface area contributed by atoms with Gasteiger partial charge in [0.25, 0.3) is 5.91 Å². The zero-order valence-corrected chi connectivity index (χ0v) is 21.1. The van der Waals surface area contributed by atoms with Gasteiger partial charge in [0.05, 0.1) is 23.4 Å². The van der Waals surface area contributed by atoms with Crippen molar-refractivity contribution < 1.29 is 13.9 Å². The maximum atomic E-state index is 14.4. The maximum Gasteiger partial charge on any atom is 0.270 e. The van der Waals surface area contributed by atoms with E-state index in [9.17, 15) is 9.18 Å². The number of carbonyl (C=O) groups is 1. The number of ether oxygens (including phenoxy) is 1. The summed E-state index contributed by atoms with van der Waals surface area (Å²) in [4.78, 5) is 31.8. The molecule has 6 rings (SSSR count). The lowest BCUT2D eigenvalue weighted by Gasteiger charge is -2.21. The van der Waals surface area contributed by atoms with E-state index >= 15 is 0 Å². The molecule has 0 saturated carbocycles. The Morgan fingerprint density at radius 2 is 2.08 bits per heavy atom. The highest BCUT2D eigenvalue weighted by Crippen LogP contribution is 2.40. The molecule has 0 aliphatic carbocycles. The van der Waals surface area contributed by atoms with Crippen LogP contribution in [0.25, 0.3) is 22.6 Å². The van der Waals surface area contributed by atoms with Gasteiger partial charge in [-0.3, -0.25) is 4.79 Å². The van der Waals surface area contributed by atoms with Crippen molar-refractivity contribution in [3.05, 3.63) is 65.2 Å². The first-order valence-electron chi connectivity index (χ1n) is 12.5. The fraction of sp³-hybridized carbons (Fsp3) is 0.333. The van der Waals surface area contributed by atoms with Gasteiger partial charge in [0, 0.05) is 30.5 Å². The van der Waals surface area contributed by atoms with Crippen LogP contribution in [0.2, 0.25) is 0 Å². The maximum absolute atomic E-state index is 14.4. The normalized spacial score (nSPS) is 18.0. The van der Waals surface area contributed by atoms with Crippen molar-refractivity contribution in [1.82, 2.24) is 30.0 Å². The highest BCUT2D eigenvalue weighted by molar-refractivity contribution is 6.04. The van der Waals surface area contributed by atoms with Crippen LogP contribution in [-0.4, -0.2) is 55.7 Å². The molecule has 2 aliphatic rings. The Labute approximate surface area is 218 Å². The number of rotatable bonds is 6. The van der Waals surface area contributed by atoms with E-state index in [-0.39, 0.29) is 35.9 Å². The third-order valence-corrected chi connectivity index (χ3v) is 7.11. The van der Waals surface area contributed by atoms with Crippen molar-refractivity contribution in [2.45, 2.75) is 44.8 Å². The second-order valence-electron chi connectivity index (χ2n) is 10.0. The van der Waals surface area contributed by atoms with E-state index in [0.29, 0.717) is 52.7 Å². The second kappa shape index (κ2) is 9.25. The SMILES string of the molecule is CC1(C)C(N)=Nc2nc(-c3nn(Cc4ccccc4F)c4ncccc34)nc(C(=O)NCC3CCCO3)c21. The third kappa shape index (κ3) is 4.08. The first kappa shape index (κ1) is 24.1. The molecule has 1 aromatic carbocycles. The number of aliphatic imine (C=N–C) groups is 1. The Bertz CT molecular complexity index is 1590. The van der Waals surface area contributed by atoms with Gasteiger partial charge in [-0.15, -0.1) is 0 Å².